The van der Waals surface area contributed by atoms with Gasteiger partial charge in [0.25, 0.3) is 0 Å². The molecule has 2 N–H and O–H groups in total. The highest BCUT2D eigenvalue weighted by Crippen LogP contribution is 2.13. The van der Waals surface area contributed by atoms with Crippen LogP contribution in [0.15, 0.2) is 28.5 Å². The average Bonchev–Trinajstić information content (AvgIpc) is 1.89. The topological polar surface area (TPSA) is 38.4 Å². The van der Waals surface area contributed by atoms with Crippen molar-refractivity contribution in [1.82, 2.24) is 0 Å². The Kier molecular flexibility index (Phi) is 1.68. The summed E-state index contributed by atoms with van der Waals surface area (Å²) in [6.07, 6.45) is 6.05. The van der Waals surface area contributed by atoms with Crippen LogP contribution in [0.1, 0.15) is 14.3 Å². The van der Waals surface area contributed by atoms with E-state index in [0.717, 1.165) is 24.2 Å². The predicted molar refractivity (Wildman–Crippen MR) is 41.3 cm³/mol. The Bertz CT molecular complexity index is 182. The molecule has 0 saturated heterocycles. The van der Waals surface area contributed by atoms with Crippen molar-refractivity contribution in [1.29, 1.82) is 0 Å². The summed E-state index contributed by atoms with van der Waals surface area (Å²) in [7, 11) is 0. The van der Waals surface area contributed by atoms with Gasteiger partial charge in [0.05, 0.1) is 11.4 Å². The van der Waals surface area contributed by atoms with E-state index in [9.17, 15) is 0 Å². The van der Waals surface area contributed by atoms with Crippen LogP contribution in [0, 0.1) is 0 Å². The molecule has 1 aliphatic carbocycles. The molecule has 9 heavy (non-hydrogen) atoms. The molecule has 0 aromatic carbocycles. The van der Waals surface area contributed by atoms with Gasteiger partial charge in [0.2, 0.25) is 0 Å². The third-order valence-corrected chi connectivity index (χ3v) is 1.33. The summed E-state index contributed by atoms with van der Waals surface area (Å²) in [5.74, 6) is 0. The van der Waals surface area contributed by atoms with Crippen molar-refractivity contribution >= 4 is 6.72 Å². The summed E-state index contributed by atoms with van der Waals surface area (Å²) in [5.41, 5.74) is 7.14. The molecule has 1 rings (SSSR count). The van der Waals surface area contributed by atoms with Crippen LogP contribution in [0.25, 0.3) is 0 Å². The zero-order valence-electron chi connectivity index (χ0n) is 5.30. The molecule has 0 radical (unpaired) electrons. The van der Waals surface area contributed by atoms with Gasteiger partial charge in [0, 0.05) is 1.43 Å². The Morgan fingerprint density at radius 1 is 1.56 bits per heavy atom. The minimum Gasteiger partial charge on any atom is -0.397 e. The van der Waals surface area contributed by atoms with E-state index in [2.05, 4.69) is 11.7 Å². The molecule has 0 heterocycles. The number of hydrogen-bond donors (Lipinski definition) is 1. The third-order valence-electron chi connectivity index (χ3n) is 1.33. The van der Waals surface area contributed by atoms with Gasteiger partial charge in [-0.2, -0.15) is 0 Å². The van der Waals surface area contributed by atoms with Crippen molar-refractivity contribution in [3.05, 3.63) is 23.5 Å². The normalized spacial score (nSPS) is 18.2. The maximum Gasteiger partial charge on any atom is 0.0808 e. The number of aliphatic imine (C=N–C) groups is 1. The van der Waals surface area contributed by atoms with E-state index in [1.807, 2.05) is 12.2 Å². The highest BCUT2D eigenvalue weighted by molar-refractivity contribution is 5.38. The minimum atomic E-state index is 0. The van der Waals surface area contributed by atoms with Crippen LogP contribution in [-0.2, 0) is 0 Å². The van der Waals surface area contributed by atoms with Crippen molar-refractivity contribution in [2.75, 3.05) is 0 Å². The fourth-order valence-electron chi connectivity index (χ4n) is 0.837. The molecule has 0 spiro atoms. The molecular weight excluding hydrogens is 112 g/mol. The second kappa shape index (κ2) is 2.49. The molecule has 2 heteroatoms. The van der Waals surface area contributed by atoms with E-state index in [-0.39, 0.29) is 1.43 Å². The molecule has 0 unspecified atom stereocenters. The van der Waals surface area contributed by atoms with Gasteiger partial charge >= 0.3 is 0 Å². The van der Waals surface area contributed by atoms with Gasteiger partial charge in [0.15, 0.2) is 0 Å². The highest BCUT2D eigenvalue weighted by Gasteiger charge is 2.00. The van der Waals surface area contributed by atoms with Gasteiger partial charge in [-0.15, -0.1) is 0 Å². The van der Waals surface area contributed by atoms with Gasteiger partial charge in [0.1, 0.15) is 0 Å². The average molecular weight is 124 g/mol. The van der Waals surface area contributed by atoms with E-state index in [1.165, 1.54) is 0 Å². The minimum absolute atomic E-state index is 0. The molecule has 0 amide bonds. The predicted octanol–water partition coefficient (Wildman–Crippen LogP) is 1.45. The Balaban J connectivity index is 0.000000810. The van der Waals surface area contributed by atoms with E-state index in [4.69, 9.17) is 5.73 Å². The first-order valence-corrected chi connectivity index (χ1v) is 2.97. The molecule has 0 aliphatic heterocycles. The number of allylic oxidation sites excluding steroid dienone is 2. The quantitative estimate of drug-likeness (QED) is 0.528. The van der Waals surface area contributed by atoms with Crippen LogP contribution in [-0.4, -0.2) is 6.72 Å². The van der Waals surface area contributed by atoms with Crippen molar-refractivity contribution in [3.8, 4) is 0 Å². The molecule has 2 nitrogen and oxygen atoms in total. The van der Waals surface area contributed by atoms with Crippen molar-refractivity contribution in [3.63, 3.8) is 0 Å². The summed E-state index contributed by atoms with van der Waals surface area (Å²) in [5, 5.41) is 0. The molecule has 0 fully saturated rings. The van der Waals surface area contributed by atoms with Crippen LogP contribution in [0.4, 0.5) is 0 Å². The largest absolute Gasteiger partial charge is 0.397 e. The molecule has 50 valence electrons. The first kappa shape index (κ1) is 6.08. The summed E-state index contributed by atoms with van der Waals surface area (Å²) >= 11 is 0. The van der Waals surface area contributed by atoms with Crippen molar-refractivity contribution in [2.45, 2.75) is 12.8 Å². The van der Waals surface area contributed by atoms with E-state index in [0.29, 0.717) is 0 Å². The standard InChI is InChI=1S/C7H10N2.H2/c1-9-7-5-3-2-4-6(7)8;/h4-5H,1-3,8H2;1H. The number of hydrogen-bond acceptors (Lipinski definition) is 2. The Hall–Kier alpha value is -1.05. The summed E-state index contributed by atoms with van der Waals surface area (Å²) in [6, 6.07) is 0. The fourth-order valence-corrected chi connectivity index (χ4v) is 0.837. The number of nitrogens with two attached hydrogens (primary N) is 1. The smallest absolute Gasteiger partial charge is 0.0808 e. The maximum atomic E-state index is 5.55. The zero-order chi connectivity index (χ0) is 6.69. The number of rotatable bonds is 1. The lowest BCUT2D eigenvalue weighted by Gasteiger charge is -2.05. The first-order valence-electron chi connectivity index (χ1n) is 2.97. The van der Waals surface area contributed by atoms with Gasteiger partial charge in [-0.25, -0.2) is 0 Å². The highest BCUT2D eigenvalue weighted by atomic mass is 14.8. The molecule has 0 aromatic rings. The van der Waals surface area contributed by atoms with Gasteiger partial charge in [-0.1, -0.05) is 12.2 Å². The summed E-state index contributed by atoms with van der Waals surface area (Å²) < 4.78 is 0. The van der Waals surface area contributed by atoms with E-state index >= 15 is 0 Å². The van der Waals surface area contributed by atoms with E-state index in [1.54, 1.807) is 0 Å². The molecule has 0 atom stereocenters. The molecule has 0 aromatic heterocycles. The van der Waals surface area contributed by atoms with Crippen LogP contribution >= 0.6 is 0 Å². The lowest BCUT2D eigenvalue weighted by molar-refractivity contribution is 0.975. The van der Waals surface area contributed by atoms with Crippen LogP contribution < -0.4 is 5.73 Å². The Labute approximate surface area is 56.3 Å². The number of nitrogens with zero attached hydrogens (tertiary/aromatic N) is 1. The summed E-state index contributed by atoms with van der Waals surface area (Å²) in [4.78, 5) is 3.75. The molecule has 0 saturated carbocycles. The van der Waals surface area contributed by atoms with Crippen LogP contribution in [0.3, 0.4) is 0 Å². The fraction of sp³-hybridized carbons (Fsp3) is 0.286. The van der Waals surface area contributed by atoms with Crippen LogP contribution in [0.2, 0.25) is 0 Å². The molecule has 1 aliphatic rings. The van der Waals surface area contributed by atoms with Crippen LogP contribution in [0.5, 0.6) is 0 Å². The van der Waals surface area contributed by atoms with Gasteiger partial charge < -0.3 is 5.73 Å². The lowest BCUT2D eigenvalue weighted by atomic mass is 10.1. The first-order chi connectivity index (χ1) is 4.34. The summed E-state index contributed by atoms with van der Waals surface area (Å²) in [6.45, 7) is 3.40. The molecule has 0 bridgehead atoms. The second-order valence-electron chi connectivity index (χ2n) is 1.98. The van der Waals surface area contributed by atoms with E-state index < -0.39 is 0 Å². The SMILES string of the molecule is C=NC1=CCCC=C1N.[HH]. The third kappa shape index (κ3) is 1.19. The lowest BCUT2D eigenvalue weighted by Crippen LogP contribution is -2.02. The molecular formula is C7H12N2. The Morgan fingerprint density at radius 3 is 2.67 bits per heavy atom. The van der Waals surface area contributed by atoms with Gasteiger partial charge in [-0.3, -0.25) is 4.99 Å². The zero-order valence-corrected chi connectivity index (χ0v) is 5.30. The monoisotopic (exact) mass is 124 g/mol. The van der Waals surface area contributed by atoms with Gasteiger partial charge in [-0.05, 0) is 19.6 Å². The second-order valence-corrected chi connectivity index (χ2v) is 1.98. The maximum absolute atomic E-state index is 5.55. The Morgan fingerprint density at radius 2 is 2.22 bits per heavy atom. The van der Waals surface area contributed by atoms with Crippen molar-refractivity contribution < 1.29 is 1.43 Å². The van der Waals surface area contributed by atoms with Crippen molar-refractivity contribution in [2.24, 2.45) is 10.7 Å².